The predicted octanol–water partition coefficient (Wildman–Crippen LogP) is 2.18. The molecule has 34 heavy (non-hydrogen) atoms. The van der Waals surface area contributed by atoms with Crippen molar-refractivity contribution >= 4 is 15.5 Å². The van der Waals surface area contributed by atoms with E-state index in [0.717, 1.165) is 25.5 Å². The molecule has 1 aromatic carbocycles. The molecule has 5 rings (SSSR count). The number of H-pyrrole nitrogens is 1. The van der Waals surface area contributed by atoms with Crippen LogP contribution in [0.3, 0.4) is 0 Å². The van der Waals surface area contributed by atoms with E-state index in [2.05, 4.69) is 46.1 Å². The van der Waals surface area contributed by atoms with Gasteiger partial charge in [-0.05, 0) is 31.2 Å². The van der Waals surface area contributed by atoms with Gasteiger partial charge in [-0.15, -0.1) is 0 Å². The molecule has 0 amide bonds. The van der Waals surface area contributed by atoms with Gasteiger partial charge in [0.25, 0.3) is 5.56 Å². The number of hydrogen-bond acceptors (Lipinski definition) is 6. The Morgan fingerprint density at radius 3 is 2.56 bits per heavy atom. The second-order valence-electron chi connectivity index (χ2n) is 9.59. The Balaban J connectivity index is 1.37. The van der Waals surface area contributed by atoms with Crippen LogP contribution in [-0.4, -0.2) is 69.1 Å². The molecule has 2 unspecified atom stereocenters. The molecule has 0 saturated carbocycles. The van der Waals surface area contributed by atoms with Gasteiger partial charge in [-0.25, -0.2) is 22.2 Å². The van der Waals surface area contributed by atoms with Crippen molar-refractivity contribution in [3.8, 4) is 0 Å². The Morgan fingerprint density at radius 2 is 1.85 bits per heavy atom. The molecule has 4 heterocycles. The van der Waals surface area contributed by atoms with Crippen LogP contribution >= 0.6 is 0 Å². The fraction of sp³-hybridized carbons (Fsp3) is 0.542. The molecule has 0 aliphatic carbocycles. The number of fused-ring (bicyclic) bond motifs is 1. The quantitative estimate of drug-likeness (QED) is 0.575. The Kier molecular flexibility index (Phi) is 6.30. The summed E-state index contributed by atoms with van der Waals surface area (Å²) < 4.78 is 27.7. The minimum absolute atomic E-state index is 0.0727. The summed E-state index contributed by atoms with van der Waals surface area (Å²) in [7, 11) is -3.18. The van der Waals surface area contributed by atoms with Gasteiger partial charge in [-0.2, -0.15) is 5.10 Å². The number of aromatic nitrogens is 4. The summed E-state index contributed by atoms with van der Waals surface area (Å²) in [6.45, 7) is 7.48. The highest BCUT2D eigenvalue weighted by Gasteiger charge is 2.34. The number of sulfonamides is 1. The molecule has 9 nitrogen and oxygen atoms in total. The van der Waals surface area contributed by atoms with Crippen LogP contribution in [0.15, 0.2) is 41.3 Å². The smallest absolute Gasteiger partial charge is 0.276 e. The lowest BCUT2D eigenvalue weighted by Crippen LogP contribution is -2.39. The first-order chi connectivity index (χ1) is 16.4. The molecule has 2 atom stereocenters. The Hall–Kier alpha value is -2.56. The number of piperidine rings is 1. The van der Waals surface area contributed by atoms with Crippen molar-refractivity contribution in [3.05, 3.63) is 64.1 Å². The van der Waals surface area contributed by atoms with Gasteiger partial charge in [0.15, 0.2) is 5.52 Å². The lowest BCUT2D eigenvalue weighted by molar-refractivity contribution is 0.311. The van der Waals surface area contributed by atoms with E-state index in [1.54, 1.807) is 21.9 Å². The fourth-order valence-corrected chi connectivity index (χ4v) is 6.48. The van der Waals surface area contributed by atoms with E-state index in [4.69, 9.17) is 5.10 Å². The Morgan fingerprint density at radius 1 is 1.12 bits per heavy atom. The van der Waals surface area contributed by atoms with Crippen LogP contribution in [0.2, 0.25) is 0 Å². The molecule has 0 bridgehead atoms. The van der Waals surface area contributed by atoms with Gasteiger partial charge >= 0.3 is 0 Å². The minimum Gasteiger partial charge on any atom is -0.307 e. The van der Waals surface area contributed by atoms with E-state index in [-0.39, 0.29) is 23.1 Å². The summed E-state index contributed by atoms with van der Waals surface area (Å²) in [5.74, 6) is 2.13. The van der Waals surface area contributed by atoms with E-state index in [0.29, 0.717) is 43.2 Å². The second kappa shape index (κ2) is 9.24. The normalized spacial score (nSPS) is 23.1. The average Bonchev–Trinajstić information content (AvgIpc) is 3.43. The molecule has 1 N–H and O–H groups in total. The fourth-order valence-electron chi connectivity index (χ4n) is 5.35. The zero-order chi connectivity index (χ0) is 23.9. The van der Waals surface area contributed by atoms with E-state index >= 15 is 0 Å². The van der Waals surface area contributed by atoms with Crippen LogP contribution in [0, 0.1) is 5.92 Å². The third-order valence-electron chi connectivity index (χ3n) is 7.31. The monoisotopic (exact) mass is 484 g/mol. The van der Waals surface area contributed by atoms with Gasteiger partial charge < -0.3 is 4.98 Å². The summed E-state index contributed by atoms with van der Waals surface area (Å²) >= 11 is 0. The summed E-state index contributed by atoms with van der Waals surface area (Å²) in [6, 6.07) is 10.4. The summed E-state index contributed by atoms with van der Waals surface area (Å²) in [6.07, 6.45) is 2.93. The van der Waals surface area contributed by atoms with E-state index in [1.165, 1.54) is 5.56 Å². The molecule has 182 valence electrons. The van der Waals surface area contributed by atoms with Crippen LogP contribution in [0.1, 0.15) is 55.7 Å². The number of hydrogen-bond donors (Lipinski definition) is 1. The number of rotatable bonds is 6. The van der Waals surface area contributed by atoms with E-state index in [1.807, 2.05) is 6.07 Å². The summed E-state index contributed by atoms with van der Waals surface area (Å²) in [5, 5.41) is 4.87. The molecule has 0 spiro atoms. The highest BCUT2D eigenvalue weighted by atomic mass is 32.2. The van der Waals surface area contributed by atoms with Crippen LogP contribution in [0.25, 0.3) is 5.52 Å². The van der Waals surface area contributed by atoms with Gasteiger partial charge in [0.2, 0.25) is 10.0 Å². The largest absolute Gasteiger partial charge is 0.307 e. The third-order valence-corrected chi connectivity index (χ3v) is 9.19. The lowest BCUT2D eigenvalue weighted by Gasteiger charge is -2.30. The molecule has 2 aliphatic rings. The molecule has 0 radical (unpaired) electrons. The maximum atomic E-state index is 12.9. The predicted molar refractivity (Wildman–Crippen MR) is 130 cm³/mol. The first kappa shape index (κ1) is 23.2. The molecular formula is C24H32N6O3S. The standard InChI is InChI=1S/C24H32N6O3S/c1-3-34(32,33)29-11-9-19(10-12-29)23-25-13-21-24(31)26-22(27-30(21)23)20-16-28(14-17(20)2)15-18-7-5-4-6-8-18/h4-8,13,17,19-20H,3,9-12,14-16H2,1-2H3,(H,26,27,31). The number of aromatic amines is 1. The van der Waals surface area contributed by atoms with E-state index < -0.39 is 10.0 Å². The molecule has 2 fully saturated rings. The highest BCUT2D eigenvalue weighted by Crippen LogP contribution is 2.32. The zero-order valence-corrected chi connectivity index (χ0v) is 20.5. The minimum atomic E-state index is -3.18. The molecule has 3 aromatic rings. The van der Waals surface area contributed by atoms with Gasteiger partial charge in [0.05, 0.1) is 11.9 Å². The molecule has 2 saturated heterocycles. The number of benzene rings is 1. The number of nitrogens with one attached hydrogen (secondary N) is 1. The van der Waals surface area contributed by atoms with E-state index in [9.17, 15) is 13.2 Å². The summed E-state index contributed by atoms with van der Waals surface area (Å²) in [5.41, 5.74) is 1.54. The zero-order valence-electron chi connectivity index (χ0n) is 19.7. The molecule has 10 heteroatoms. The summed E-state index contributed by atoms with van der Waals surface area (Å²) in [4.78, 5) is 22.9. The first-order valence-corrected chi connectivity index (χ1v) is 13.7. The van der Waals surface area contributed by atoms with Crippen LogP contribution in [0.4, 0.5) is 0 Å². The Bertz CT molecular complexity index is 1310. The second-order valence-corrected chi connectivity index (χ2v) is 11.8. The van der Waals surface area contributed by atoms with Gasteiger partial charge in [-0.1, -0.05) is 37.3 Å². The van der Waals surface area contributed by atoms with Gasteiger partial charge in [0, 0.05) is 44.6 Å². The van der Waals surface area contributed by atoms with Crippen molar-refractivity contribution in [1.82, 2.24) is 28.8 Å². The van der Waals surface area contributed by atoms with Gasteiger partial charge in [0.1, 0.15) is 11.6 Å². The number of likely N-dealkylation sites (tertiary alicyclic amines) is 1. The van der Waals surface area contributed by atoms with Crippen molar-refractivity contribution in [3.63, 3.8) is 0 Å². The van der Waals surface area contributed by atoms with Crippen LogP contribution < -0.4 is 5.56 Å². The molecule has 2 aliphatic heterocycles. The van der Waals surface area contributed by atoms with Crippen molar-refractivity contribution in [1.29, 1.82) is 0 Å². The maximum Gasteiger partial charge on any atom is 0.276 e. The first-order valence-electron chi connectivity index (χ1n) is 12.1. The molecule has 2 aromatic heterocycles. The van der Waals surface area contributed by atoms with Crippen LogP contribution in [-0.2, 0) is 16.6 Å². The maximum absolute atomic E-state index is 12.9. The lowest BCUT2D eigenvalue weighted by atomic mass is 9.97. The van der Waals surface area contributed by atoms with Crippen molar-refractivity contribution in [2.75, 3.05) is 31.9 Å². The van der Waals surface area contributed by atoms with Crippen molar-refractivity contribution in [2.45, 2.75) is 45.1 Å². The third kappa shape index (κ3) is 4.42. The number of imidazole rings is 1. The SMILES string of the molecule is CCS(=O)(=O)N1CCC(c2ncc3c(=O)[nH]c(C4CN(Cc5ccccc5)CC4C)nn23)CC1. The highest BCUT2D eigenvalue weighted by molar-refractivity contribution is 7.89. The van der Waals surface area contributed by atoms with Crippen molar-refractivity contribution in [2.24, 2.45) is 5.92 Å². The topological polar surface area (TPSA) is 104 Å². The Labute approximate surface area is 199 Å². The van der Waals surface area contributed by atoms with Gasteiger partial charge in [-0.3, -0.25) is 9.69 Å². The average molecular weight is 485 g/mol. The molecular weight excluding hydrogens is 452 g/mol. The van der Waals surface area contributed by atoms with Crippen molar-refractivity contribution < 1.29 is 8.42 Å². The van der Waals surface area contributed by atoms with Crippen LogP contribution in [0.5, 0.6) is 0 Å². The number of nitrogens with zero attached hydrogens (tertiary/aromatic N) is 5.